The predicted octanol–water partition coefficient (Wildman–Crippen LogP) is 4.07. The highest BCUT2D eigenvalue weighted by Gasteiger charge is 2.02. The van der Waals surface area contributed by atoms with Crippen molar-refractivity contribution in [1.29, 1.82) is 5.26 Å². The summed E-state index contributed by atoms with van der Waals surface area (Å²) in [4.78, 5) is 0. The van der Waals surface area contributed by atoms with Gasteiger partial charge in [0.15, 0.2) is 0 Å². The fourth-order valence-corrected chi connectivity index (χ4v) is 1.97. The summed E-state index contributed by atoms with van der Waals surface area (Å²) in [6, 6.07) is 13.9. The van der Waals surface area contributed by atoms with Crippen LogP contribution < -0.4 is 5.32 Å². The first kappa shape index (κ1) is 12.6. The minimum atomic E-state index is -0.260. The van der Waals surface area contributed by atoms with E-state index in [4.69, 9.17) is 5.26 Å². The Labute approximate surface area is 113 Å². The van der Waals surface area contributed by atoms with Crippen LogP contribution in [0.15, 0.2) is 46.9 Å². The zero-order valence-electron chi connectivity index (χ0n) is 9.45. The molecular weight excluding hydrogens is 295 g/mol. The zero-order chi connectivity index (χ0) is 13.0. The Kier molecular flexibility index (Phi) is 3.96. The van der Waals surface area contributed by atoms with Gasteiger partial charge >= 0.3 is 0 Å². The molecule has 0 atom stereocenters. The van der Waals surface area contributed by atoms with Crippen molar-refractivity contribution in [2.24, 2.45) is 0 Å². The molecule has 2 aromatic rings. The molecule has 0 saturated heterocycles. The van der Waals surface area contributed by atoms with Gasteiger partial charge in [0.2, 0.25) is 0 Å². The molecule has 18 heavy (non-hydrogen) atoms. The summed E-state index contributed by atoms with van der Waals surface area (Å²) in [5.74, 6) is -0.260. The molecule has 0 aliphatic carbocycles. The zero-order valence-corrected chi connectivity index (χ0v) is 11.0. The molecule has 0 aliphatic heterocycles. The Bertz CT molecular complexity index is 605. The minimum absolute atomic E-state index is 0.260. The molecule has 0 heterocycles. The van der Waals surface area contributed by atoms with Crippen LogP contribution >= 0.6 is 15.9 Å². The molecule has 2 nitrogen and oxygen atoms in total. The molecule has 2 rings (SSSR count). The average Bonchev–Trinajstić information content (AvgIpc) is 2.37. The third kappa shape index (κ3) is 3.08. The van der Waals surface area contributed by atoms with E-state index in [0.29, 0.717) is 12.1 Å². The Morgan fingerprint density at radius 2 is 2.06 bits per heavy atom. The first-order chi connectivity index (χ1) is 8.69. The SMILES string of the molecule is N#Cc1ccc(Br)cc1NCc1cccc(F)c1. The third-order valence-corrected chi connectivity index (χ3v) is 2.97. The maximum absolute atomic E-state index is 13.0. The lowest BCUT2D eigenvalue weighted by Gasteiger charge is -2.08. The van der Waals surface area contributed by atoms with Gasteiger partial charge in [0, 0.05) is 11.0 Å². The lowest BCUT2D eigenvalue weighted by Crippen LogP contribution is -2.01. The van der Waals surface area contributed by atoms with E-state index in [-0.39, 0.29) is 5.82 Å². The van der Waals surface area contributed by atoms with Gasteiger partial charge in [-0.25, -0.2) is 4.39 Å². The molecule has 90 valence electrons. The van der Waals surface area contributed by atoms with E-state index < -0.39 is 0 Å². The van der Waals surface area contributed by atoms with Gasteiger partial charge in [0.25, 0.3) is 0 Å². The molecule has 0 spiro atoms. The maximum Gasteiger partial charge on any atom is 0.123 e. The van der Waals surface area contributed by atoms with Crippen molar-refractivity contribution in [2.75, 3.05) is 5.32 Å². The van der Waals surface area contributed by atoms with Gasteiger partial charge in [-0.15, -0.1) is 0 Å². The number of rotatable bonds is 3. The van der Waals surface area contributed by atoms with Crippen molar-refractivity contribution in [2.45, 2.75) is 6.54 Å². The van der Waals surface area contributed by atoms with Crippen LogP contribution in [0.3, 0.4) is 0 Å². The molecule has 0 unspecified atom stereocenters. The molecule has 2 aromatic carbocycles. The lowest BCUT2D eigenvalue weighted by molar-refractivity contribution is 0.626. The quantitative estimate of drug-likeness (QED) is 0.927. The molecule has 0 amide bonds. The van der Waals surface area contributed by atoms with Gasteiger partial charge in [-0.2, -0.15) is 5.26 Å². The Hall–Kier alpha value is -1.86. The molecule has 0 fully saturated rings. The van der Waals surface area contributed by atoms with Crippen molar-refractivity contribution in [1.82, 2.24) is 0 Å². The number of halogens is 2. The van der Waals surface area contributed by atoms with Crippen molar-refractivity contribution >= 4 is 21.6 Å². The summed E-state index contributed by atoms with van der Waals surface area (Å²) in [5.41, 5.74) is 2.13. The molecule has 0 radical (unpaired) electrons. The summed E-state index contributed by atoms with van der Waals surface area (Å²) in [6.07, 6.45) is 0. The standard InChI is InChI=1S/C14H10BrFN2/c15-12-5-4-11(8-17)14(7-12)18-9-10-2-1-3-13(16)6-10/h1-7,18H,9H2. The second-order valence-electron chi connectivity index (χ2n) is 3.79. The van der Waals surface area contributed by atoms with E-state index in [1.54, 1.807) is 12.1 Å². The maximum atomic E-state index is 13.0. The van der Waals surface area contributed by atoms with Crippen molar-refractivity contribution in [3.05, 3.63) is 63.9 Å². The lowest BCUT2D eigenvalue weighted by atomic mass is 10.1. The van der Waals surface area contributed by atoms with E-state index in [2.05, 4.69) is 27.3 Å². The van der Waals surface area contributed by atoms with Crippen LogP contribution in [0.5, 0.6) is 0 Å². The highest BCUT2D eigenvalue weighted by molar-refractivity contribution is 9.10. The third-order valence-electron chi connectivity index (χ3n) is 2.47. The number of hydrogen-bond donors (Lipinski definition) is 1. The van der Waals surface area contributed by atoms with E-state index >= 15 is 0 Å². The smallest absolute Gasteiger partial charge is 0.123 e. The van der Waals surface area contributed by atoms with Gasteiger partial charge in [-0.3, -0.25) is 0 Å². The Morgan fingerprint density at radius 3 is 2.78 bits per heavy atom. The summed E-state index contributed by atoms with van der Waals surface area (Å²) < 4.78 is 13.9. The van der Waals surface area contributed by atoms with Crippen LogP contribution in [0.4, 0.5) is 10.1 Å². The highest BCUT2D eigenvalue weighted by Crippen LogP contribution is 2.21. The van der Waals surface area contributed by atoms with Gasteiger partial charge < -0.3 is 5.32 Å². The second-order valence-corrected chi connectivity index (χ2v) is 4.70. The predicted molar refractivity (Wildman–Crippen MR) is 72.6 cm³/mol. The monoisotopic (exact) mass is 304 g/mol. The van der Waals surface area contributed by atoms with E-state index in [1.165, 1.54) is 12.1 Å². The number of nitrogens with zero attached hydrogens (tertiary/aromatic N) is 1. The van der Waals surface area contributed by atoms with Gasteiger partial charge in [0.1, 0.15) is 11.9 Å². The molecule has 0 aliphatic rings. The summed E-state index contributed by atoms with van der Waals surface area (Å²) >= 11 is 3.35. The van der Waals surface area contributed by atoms with Gasteiger partial charge in [-0.1, -0.05) is 28.1 Å². The summed E-state index contributed by atoms with van der Waals surface area (Å²) in [6.45, 7) is 0.475. The molecule has 0 aromatic heterocycles. The Balaban J connectivity index is 2.15. The molecule has 1 N–H and O–H groups in total. The van der Waals surface area contributed by atoms with Crippen molar-refractivity contribution < 1.29 is 4.39 Å². The van der Waals surface area contributed by atoms with E-state index in [1.807, 2.05) is 18.2 Å². The van der Waals surface area contributed by atoms with Crippen LogP contribution in [-0.4, -0.2) is 0 Å². The van der Waals surface area contributed by atoms with Crippen molar-refractivity contribution in [3.8, 4) is 6.07 Å². The first-order valence-corrected chi connectivity index (χ1v) is 6.16. The number of benzene rings is 2. The highest BCUT2D eigenvalue weighted by atomic mass is 79.9. The topological polar surface area (TPSA) is 35.8 Å². The van der Waals surface area contributed by atoms with Gasteiger partial charge in [0.05, 0.1) is 11.3 Å². The molecular formula is C14H10BrFN2. The Morgan fingerprint density at radius 1 is 1.22 bits per heavy atom. The van der Waals surface area contributed by atoms with Crippen LogP contribution in [0.1, 0.15) is 11.1 Å². The van der Waals surface area contributed by atoms with Crippen LogP contribution in [0.2, 0.25) is 0 Å². The number of nitrogens with one attached hydrogen (secondary N) is 1. The molecule has 4 heteroatoms. The minimum Gasteiger partial charge on any atom is -0.380 e. The average molecular weight is 305 g/mol. The van der Waals surface area contributed by atoms with Crippen LogP contribution in [0, 0.1) is 17.1 Å². The largest absolute Gasteiger partial charge is 0.380 e. The summed E-state index contributed by atoms with van der Waals surface area (Å²) in [7, 11) is 0. The number of hydrogen-bond acceptors (Lipinski definition) is 2. The fraction of sp³-hybridized carbons (Fsp3) is 0.0714. The normalized spacial score (nSPS) is 9.83. The fourth-order valence-electron chi connectivity index (χ4n) is 1.60. The van der Waals surface area contributed by atoms with E-state index in [9.17, 15) is 4.39 Å². The van der Waals surface area contributed by atoms with E-state index in [0.717, 1.165) is 15.7 Å². The molecule has 0 bridgehead atoms. The van der Waals surface area contributed by atoms with Crippen LogP contribution in [-0.2, 0) is 6.54 Å². The second kappa shape index (κ2) is 5.65. The number of nitriles is 1. The summed E-state index contributed by atoms with van der Waals surface area (Å²) in [5, 5.41) is 12.1. The first-order valence-electron chi connectivity index (χ1n) is 5.37. The van der Waals surface area contributed by atoms with Crippen LogP contribution in [0.25, 0.3) is 0 Å². The van der Waals surface area contributed by atoms with Gasteiger partial charge in [-0.05, 0) is 35.9 Å². The van der Waals surface area contributed by atoms with Crippen molar-refractivity contribution in [3.63, 3.8) is 0 Å². The number of anilines is 1. The molecule has 0 saturated carbocycles.